The molecule has 1 N–H and O–H groups in total. The van der Waals surface area contributed by atoms with Crippen LogP contribution in [0.15, 0.2) is 87.4 Å². The average Bonchev–Trinajstić information content (AvgIpc) is 3.00. The molecule has 1 heterocycles. The molecule has 4 aromatic rings. The lowest BCUT2D eigenvalue weighted by Gasteiger charge is -2.02. The number of aryl methyl sites for hydroxylation is 1. The predicted molar refractivity (Wildman–Crippen MR) is 98.7 cm³/mol. The molecule has 3 aromatic carbocycles. The van der Waals surface area contributed by atoms with Crippen molar-refractivity contribution in [1.29, 1.82) is 0 Å². The van der Waals surface area contributed by atoms with Crippen molar-refractivity contribution in [1.82, 2.24) is 0 Å². The molecule has 0 aliphatic rings. The molecule has 1 aromatic heterocycles. The third-order valence-electron chi connectivity index (χ3n) is 4.02. The van der Waals surface area contributed by atoms with Crippen LogP contribution in [0.25, 0.3) is 22.1 Å². The van der Waals surface area contributed by atoms with E-state index in [0.29, 0.717) is 11.4 Å². The zero-order valence-electron chi connectivity index (χ0n) is 13.7. The van der Waals surface area contributed by atoms with Gasteiger partial charge in [0.25, 0.3) is 0 Å². The van der Waals surface area contributed by atoms with Gasteiger partial charge in [-0.3, -0.25) is 0 Å². The summed E-state index contributed by atoms with van der Waals surface area (Å²) in [7, 11) is 0. The maximum Gasteiger partial charge on any atom is 0.311 e. The smallest absolute Gasteiger partial charge is 0.311 e. The number of azo groups is 1. The summed E-state index contributed by atoms with van der Waals surface area (Å²) in [4.78, 5) is 0. The normalized spacial score (nSPS) is 11.4. The Morgan fingerprint density at radius 3 is 2.52 bits per heavy atom. The first-order valence-electron chi connectivity index (χ1n) is 8.00. The summed E-state index contributed by atoms with van der Waals surface area (Å²) in [5.41, 5.74) is 3.05. The molecule has 4 rings (SSSR count). The Morgan fingerprint density at radius 1 is 0.840 bits per heavy atom. The third kappa shape index (κ3) is 3.02. The summed E-state index contributed by atoms with van der Waals surface area (Å²) < 4.78 is 5.52. The lowest BCUT2D eigenvalue weighted by Crippen LogP contribution is -1.77. The van der Waals surface area contributed by atoms with E-state index in [-0.39, 0.29) is 5.95 Å². The maximum atomic E-state index is 10.1. The number of furan rings is 1. The van der Waals surface area contributed by atoms with Crippen LogP contribution in [0.3, 0.4) is 0 Å². The monoisotopic (exact) mass is 328 g/mol. The Hall–Kier alpha value is -3.40. The van der Waals surface area contributed by atoms with Crippen molar-refractivity contribution in [2.45, 2.75) is 6.92 Å². The molecule has 4 nitrogen and oxygen atoms in total. The van der Waals surface area contributed by atoms with E-state index in [9.17, 15) is 5.11 Å². The highest BCUT2D eigenvalue weighted by atomic mass is 16.5. The van der Waals surface area contributed by atoms with Crippen molar-refractivity contribution in [2.24, 2.45) is 10.2 Å². The molecule has 122 valence electrons. The Morgan fingerprint density at radius 2 is 1.64 bits per heavy atom. The standard InChI is InChI=1S/C21H16N2O2/c1-14-6-4-9-16(12-14)22-23-19-13-20(25-21(19)24)18-11-5-8-15-7-2-3-10-17(15)18/h2-13,24H,1H3. The molecule has 0 saturated heterocycles. The first-order valence-corrected chi connectivity index (χ1v) is 8.00. The SMILES string of the molecule is Cc1cccc(N=Nc2cc(-c3cccc4ccccc34)oc2O)c1. The van der Waals surface area contributed by atoms with Crippen LogP contribution in [-0.2, 0) is 0 Å². The number of hydrogen-bond donors (Lipinski definition) is 1. The fraction of sp³-hybridized carbons (Fsp3) is 0.0476. The van der Waals surface area contributed by atoms with Crippen LogP contribution < -0.4 is 0 Å². The summed E-state index contributed by atoms with van der Waals surface area (Å²) >= 11 is 0. The second kappa shape index (κ2) is 6.24. The third-order valence-corrected chi connectivity index (χ3v) is 4.02. The number of rotatable bonds is 3. The van der Waals surface area contributed by atoms with E-state index in [4.69, 9.17) is 4.42 Å². The van der Waals surface area contributed by atoms with Crippen LogP contribution in [0.4, 0.5) is 11.4 Å². The molecule has 0 amide bonds. The molecule has 0 aliphatic heterocycles. The van der Waals surface area contributed by atoms with Gasteiger partial charge in [0.1, 0.15) is 5.76 Å². The average molecular weight is 328 g/mol. The summed E-state index contributed by atoms with van der Waals surface area (Å²) in [5.74, 6) is 0.326. The van der Waals surface area contributed by atoms with Crippen molar-refractivity contribution in [3.05, 3.63) is 78.4 Å². The summed E-state index contributed by atoms with van der Waals surface area (Å²) in [5, 5.41) is 20.5. The second-order valence-corrected chi connectivity index (χ2v) is 5.87. The largest absolute Gasteiger partial charge is 0.479 e. The van der Waals surface area contributed by atoms with E-state index >= 15 is 0 Å². The molecule has 0 unspecified atom stereocenters. The molecule has 0 radical (unpaired) electrons. The van der Waals surface area contributed by atoms with Crippen molar-refractivity contribution in [3.8, 4) is 17.3 Å². The highest BCUT2D eigenvalue weighted by Gasteiger charge is 2.13. The fourth-order valence-corrected chi connectivity index (χ4v) is 2.82. The Kier molecular flexibility index (Phi) is 3.78. The molecule has 0 bridgehead atoms. The minimum absolute atomic E-state index is 0.237. The molecule has 0 spiro atoms. The first kappa shape index (κ1) is 15.1. The van der Waals surface area contributed by atoms with Crippen molar-refractivity contribution >= 4 is 22.1 Å². The van der Waals surface area contributed by atoms with Gasteiger partial charge in [-0.1, -0.05) is 54.6 Å². The summed E-state index contributed by atoms with van der Waals surface area (Å²) in [6, 6.07) is 23.4. The highest BCUT2D eigenvalue weighted by Crippen LogP contribution is 2.39. The predicted octanol–water partition coefficient (Wildman–Crippen LogP) is 6.53. The summed E-state index contributed by atoms with van der Waals surface area (Å²) in [6.07, 6.45) is 0. The molecular weight excluding hydrogens is 312 g/mol. The molecule has 0 aliphatic carbocycles. The van der Waals surface area contributed by atoms with Crippen LogP contribution in [0.2, 0.25) is 0 Å². The second-order valence-electron chi connectivity index (χ2n) is 5.87. The minimum Gasteiger partial charge on any atom is -0.479 e. The molecule has 0 fully saturated rings. The lowest BCUT2D eigenvalue weighted by atomic mass is 10.0. The maximum absolute atomic E-state index is 10.1. The fourth-order valence-electron chi connectivity index (χ4n) is 2.82. The van der Waals surface area contributed by atoms with Gasteiger partial charge in [0.15, 0.2) is 5.69 Å². The van der Waals surface area contributed by atoms with Gasteiger partial charge in [-0.25, -0.2) is 0 Å². The molecule has 0 atom stereocenters. The van der Waals surface area contributed by atoms with E-state index in [1.807, 2.05) is 73.7 Å². The van der Waals surface area contributed by atoms with Crippen molar-refractivity contribution < 1.29 is 9.52 Å². The van der Waals surface area contributed by atoms with E-state index in [1.165, 1.54) is 0 Å². The van der Waals surface area contributed by atoms with Gasteiger partial charge in [0.05, 0.1) is 5.69 Å². The van der Waals surface area contributed by atoms with Crippen LogP contribution in [0.1, 0.15) is 5.56 Å². The van der Waals surface area contributed by atoms with Crippen LogP contribution in [0.5, 0.6) is 5.95 Å². The lowest BCUT2D eigenvalue weighted by molar-refractivity contribution is 0.339. The summed E-state index contributed by atoms with van der Waals surface area (Å²) in [6.45, 7) is 1.99. The molecule has 4 heteroatoms. The number of aromatic hydroxyl groups is 1. The number of fused-ring (bicyclic) bond motifs is 1. The van der Waals surface area contributed by atoms with Gasteiger partial charge in [0.2, 0.25) is 0 Å². The number of hydrogen-bond acceptors (Lipinski definition) is 4. The Bertz CT molecular complexity index is 1070. The van der Waals surface area contributed by atoms with Gasteiger partial charge < -0.3 is 9.52 Å². The van der Waals surface area contributed by atoms with Crippen LogP contribution in [0, 0.1) is 6.92 Å². The first-order chi connectivity index (χ1) is 12.2. The quantitative estimate of drug-likeness (QED) is 0.435. The number of nitrogens with zero attached hydrogens (tertiary/aromatic N) is 2. The van der Waals surface area contributed by atoms with Crippen LogP contribution in [-0.4, -0.2) is 5.11 Å². The van der Waals surface area contributed by atoms with Crippen LogP contribution >= 0.6 is 0 Å². The zero-order chi connectivity index (χ0) is 17.2. The van der Waals surface area contributed by atoms with Crippen molar-refractivity contribution in [2.75, 3.05) is 0 Å². The number of benzene rings is 3. The van der Waals surface area contributed by atoms with Gasteiger partial charge in [-0.2, -0.15) is 5.11 Å². The van der Waals surface area contributed by atoms with E-state index in [2.05, 4.69) is 10.2 Å². The van der Waals surface area contributed by atoms with E-state index in [0.717, 1.165) is 27.6 Å². The van der Waals surface area contributed by atoms with E-state index in [1.54, 1.807) is 6.07 Å². The highest BCUT2D eigenvalue weighted by molar-refractivity contribution is 5.95. The molecule has 0 saturated carbocycles. The topological polar surface area (TPSA) is 58.1 Å². The van der Waals surface area contributed by atoms with Gasteiger partial charge >= 0.3 is 5.95 Å². The van der Waals surface area contributed by atoms with E-state index < -0.39 is 0 Å². The van der Waals surface area contributed by atoms with Gasteiger partial charge in [0, 0.05) is 11.6 Å². The molecular formula is C21H16N2O2. The Balaban J connectivity index is 1.73. The van der Waals surface area contributed by atoms with Gasteiger partial charge in [-0.05, 0) is 35.4 Å². The minimum atomic E-state index is -0.237. The Labute approximate surface area is 145 Å². The molecule has 25 heavy (non-hydrogen) atoms. The van der Waals surface area contributed by atoms with Gasteiger partial charge in [-0.15, -0.1) is 5.11 Å². The zero-order valence-corrected chi connectivity index (χ0v) is 13.7. The van der Waals surface area contributed by atoms with Crippen molar-refractivity contribution in [3.63, 3.8) is 0 Å².